The van der Waals surface area contributed by atoms with Crippen molar-refractivity contribution >= 4 is 12.4 Å². The monoisotopic (exact) mass is 390 g/mol. The van der Waals surface area contributed by atoms with E-state index in [-0.39, 0.29) is 12.4 Å². The number of nitrogens with one attached hydrogen (secondary N) is 2. The van der Waals surface area contributed by atoms with Gasteiger partial charge in [-0.15, -0.1) is 12.4 Å². The molecule has 148 valence electrons. The average Bonchev–Trinajstić information content (AvgIpc) is 3.27. The van der Waals surface area contributed by atoms with Crippen molar-refractivity contribution < 1.29 is 4.74 Å². The van der Waals surface area contributed by atoms with E-state index in [1.54, 1.807) is 0 Å². The smallest absolute Gasteiger partial charge is 0.0693 e. The summed E-state index contributed by atoms with van der Waals surface area (Å²) in [4.78, 5) is 0. The first-order chi connectivity index (χ1) is 12.7. The summed E-state index contributed by atoms with van der Waals surface area (Å²) in [5, 5.41) is 12.2. The van der Waals surface area contributed by atoms with Crippen LogP contribution in [0.5, 0.6) is 0 Å². The van der Waals surface area contributed by atoms with Crippen molar-refractivity contribution in [3.63, 3.8) is 0 Å². The van der Waals surface area contributed by atoms with E-state index in [9.17, 15) is 0 Å². The summed E-state index contributed by atoms with van der Waals surface area (Å²) in [6, 6.07) is 11.8. The molecular formula is C21H31ClN4O. The summed E-state index contributed by atoms with van der Waals surface area (Å²) in [6.07, 6.45) is 3.85. The molecule has 5 nitrogen and oxygen atoms in total. The molecule has 1 aliphatic heterocycles. The van der Waals surface area contributed by atoms with Gasteiger partial charge in [-0.25, -0.2) is 4.68 Å². The fourth-order valence-corrected chi connectivity index (χ4v) is 4.57. The first kappa shape index (κ1) is 20.3. The van der Waals surface area contributed by atoms with Crippen LogP contribution in [0, 0.1) is 19.8 Å². The number of para-hydroxylation sites is 1. The van der Waals surface area contributed by atoms with E-state index in [2.05, 4.69) is 57.7 Å². The molecule has 2 fully saturated rings. The number of aryl methyl sites for hydroxylation is 2. The van der Waals surface area contributed by atoms with Gasteiger partial charge in [0.1, 0.15) is 0 Å². The van der Waals surface area contributed by atoms with E-state index in [0.29, 0.717) is 18.0 Å². The highest BCUT2D eigenvalue weighted by atomic mass is 35.5. The minimum absolute atomic E-state index is 0. The van der Waals surface area contributed by atoms with Gasteiger partial charge < -0.3 is 15.4 Å². The van der Waals surface area contributed by atoms with Crippen LogP contribution in [0.3, 0.4) is 0 Å². The van der Waals surface area contributed by atoms with E-state index in [1.807, 2.05) is 6.92 Å². The van der Waals surface area contributed by atoms with Gasteiger partial charge in [-0.2, -0.15) is 5.10 Å². The Morgan fingerprint density at radius 1 is 1.26 bits per heavy atom. The fourth-order valence-electron chi connectivity index (χ4n) is 4.57. The summed E-state index contributed by atoms with van der Waals surface area (Å²) in [5.41, 5.74) is 4.72. The van der Waals surface area contributed by atoms with Crippen LogP contribution in [0.2, 0.25) is 0 Å². The van der Waals surface area contributed by atoms with Gasteiger partial charge in [0.15, 0.2) is 0 Å². The summed E-state index contributed by atoms with van der Waals surface area (Å²) < 4.78 is 7.76. The second-order valence-electron chi connectivity index (χ2n) is 7.69. The predicted octanol–water partition coefficient (Wildman–Crippen LogP) is 3.16. The molecule has 2 aliphatic rings. The minimum Gasteiger partial charge on any atom is -0.379 e. The van der Waals surface area contributed by atoms with Gasteiger partial charge >= 0.3 is 0 Å². The summed E-state index contributed by atoms with van der Waals surface area (Å²) in [6.45, 7) is 7.72. The Labute approximate surface area is 168 Å². The summed E-state index contributed by atoms with van der Waals surface area (Å²) in [5.74, 6) is 0.663. The Hall–Kier alpha value is -1.40. The topological polar surface area (TPSA) is 51.1 Å². The van der Waals surface area contributed by atoms with E-state index >= 15 is 0 Å². The Kier molecular flexibility index (Phi) is 6.93. The lowest BCUT2D eigenvalue weighted by molar-refractivity contribution is 0.0524. The zero-order valence-corrected chi connectivity index (χ0v) is 17.1. The fraction of sp³-hybridized carbons (Fsp3) is 0.571. The quantitative estimate of drug-likeness (QED) is 0.823. The number of morpholine rings is 1. The predicted molar refractivity (Wildman–Crippen MR) is 111 cm³/mol. The second-order valence-corrected chi connectivity index (χ2v) is 7.69. The lowest BCUT2D eigenvalue weighted by atomic mass is 9.94. The van der Waals surface area contributed by atoms with Crippen molar-refractivity contribution in [3.05, 3.63) is 47.3 Å². The molecule has 3 unspecified atom stereocenters. The number of aromatic nitrogens is 2. The molecule has 2 N–H and O–H groups in total. The van der Waals surface area contributed by atoms with Crippen molar-refractivity contribution in [1.29, 1.82) is 0 Å². The molecule has 1 aromatic carbocycles. The third-order valence-electron chi connectivity index (χ3n) is 5.82. The third kappa shape index (κ3) is 4.54. The SMILES string of the molecule is Cc1cc(C)n(-c2ccccc2CNC2CCCC2C2COCCN2)n1.Cl. The molecule has 1 aliphatic carbocycles. The van der Waals surface area contributed by atoms with Gasteiger partial charge in [-0.3, -0.25) is 0 Å². The molecule has 2 heterocycles. The van der Waals surface area contributed by atoms with E-state index < -0.39 is 0 Å². The van der Waals surface area contributed by atoms with Crippen molar-refractivity contribution in [2.75, 3.05) is 19.8 Å². The van der Waals surface area contributed by atoms with Gasteiger partial charge in [0.25, 0.3) is 0 Å². The highest BCUT2D eigenvalue weighted by Crippen LogP contribution is 2.30. The Morgan fingerprint density at radius 3 is 2.85 bits per heavy atom. The second kappa shape index (κ2) is 9.20. The Bertz CT molecular complexity index is 742. The van der Waals surface area contributed by atoms with Gasteiger partial charge in [0.2, 0.25) is 0 Å². The normalized spacial score (nSPS) is 25.3. The number of halogens is 1. The summed E-state index contributed by atoms with van der Waals surface area (Å²) in [7, 11) is 0. The number of benzene rings is 1. The maximum absolute atomic E-state index is 5.70. The van der Waals surface area contributed by atoms with Crippen molar-refractivity contribution in [2.24, 2.45) is 5.92 Å². The highest BCUT2D eigenvalue weighted by molar-refractivity contribution is 5.85. The first-order valence-corrected chi connectivity index (χ1v) is 9.88. The lowest BCUT2D eigenvalue weighted by Crippen LogP contribution is -2.50. The molecular weight excluding hydrogens is 360 g/mol. The first-order valence-electron chi connectivity index (χ1n) is 9.88. The van der Waals surface area contributed by atoms with Gasteiger partial charge in [0, 0.05) is 30.9 Å². The van der Waals surface area contributed by atoms with Gasteiger partial charge in [-0.1, -0.05) is 24.6 Å². The molecule has 0 spiro atoms. The van der Waals surface area contributed by atoms with E-state index in [0.717, 1.165) is 32.0 Å². The zero-order valence-electron chi connectivity index (χ0n) is 16.3. The molecule has 0 amide bonds. The van der Waals surface area contributed by atoms with Gasteiger partial charge in [-0.05, 0) is 50.3 Å². The van der Waals surface area contributed by atoms with Crippen LogP contribution >= 0.6 is 12.4 Å². The number of hydrogen-bond acceptors (Lipinski definition) is 4. The third-order valence-corrected chi connectivity index (χ3v) is 5.82. The Balaban J connectivity index is 0.00000210. The molecule has 0 radical (unpaired) electrons. The van der Waals surface area contributed by atoms with Gasteiger partial charge in [0.05, 0.1) is 24.6 Å². The number of nitrogens with zero attached hydrogens (tertiary/aromatic N) is 2. The molecule has 0 bridgehead atoms. The van der Waals surface area contributed by atoms with E-state index in [4.69, 9.17) is 4.74 Å². The van der Waals surface area contributed by atoms with E-state index in [1.165, 1.54) is 36.2 Å². The van der Waals surface area contributed by atoms with Crippen molar-refractivity contribution in [1.82, 2.24) is 20.4 Å². The summed E-state index contributed by atoms with van der Waals surface area (Å²) >= 11 is 0. The van der Waals surface area contributed by atoms with Crippen LogP contribution in [-0.4, -0.2) is 41.6 Å². The van der Waals surface area contributed by atoms with Crippen molar-refractivity contribution in [2.45, 2.75) is 51.7 Å². The standard InChI is InChI=1S/C21H30N4O.ClH/c1-15-12-16(2)25(24-15)21-9-4-3-6-17(21)13-23-19-8-5-7-18(19)20-14-26-11-10-22-20;/h3-4,6,9,12,18-20,22-23H,5,7-8,10-11,13-14H2,1-2H3;1H. The average molecular weight is 391 g/mol. The molecule has 1 aromatic heterocycles. The molecule has 2 aromatic rings. The van der Waals surface area contributed by atoms with Crippen LogP contribution in [0.1, 0.15) is 36.2 Å². The largest absolute Gasteiger partial charge is 0.379 e. The molecule has 3 atom stereocenters. The zero-order chi connectivity index (χ0) is 17.9. The number of ether oxygens (including phenoxy) is 1. The number of rotatable bonds is 5. The molecule has 1 saturated carbocycles. The van der Waals surface area contributed by atoms with Crippen molar-refractivity contribution in [3.8, 4) is 5.69 Å². The molecule has 27 heavy (non-hydrogen) atoms. The maximum Gasteiger partial charge on any atom is 0.0693 e. The van der Waals surface area contributed by atoms with Crippen LogP contribution in [0.4, 0.5) is 0 Å². The maximum atomic E-state index is 5.70. The van der Waals surface area contributed by atoms with Crippen LogP contribution in [0.25, 0.3) is 5.69 Å². The molecule has 4 rings (SSSR count). The van der Waals surface area contributed by atoms with Crippen LogP contribution in [0.15, 0.2) is 30.3 Å². The molecule has 1 saturated heterocycles. The Morgan fingerprint density at radius 2 is 2.11 bits per heavy atom. The van der Waals surface area contributed by atoms with Crippen LogP contribution in [-0.2, 0) is 11.3 Å². The lowest BCUT2D eigenvalue weighted by Gasteiger charge is -2.33. The number of hydrogen-bond donors (Lipinski definition) is 2. The molecule has 6 heteroatoms. The van der Waals surface area contributed by atoms with Crippen LogP contribution < -0.4 is 10.6 Å². The highest BCUT2D eigenvalue weighted by Gasteiger charge is 2.34. The minimum atomic E-state index is 0.